The van der Waals surface area contributed by atoms with Crippen molar-refractivity contribution in [2.75, 3.05) is 0 Å². The molecular formula is C14H17FN2O3. The van der Waals surface area contributed by atoms with Crippen molar-refractivity contribution >= 4 is 11.6 Å². The van der Waals surface area contributed by atoms with Crippen LogP contribution >= 0.6 is 0 Å². The summed E-state index contributed by atoms with van der Waals surface area (Å²) in [5, 5.41) is 13.5. The molecule has 1 aliphatic rings. The van der Waals surface area contributed by atoms with Gasteiger partial charge in [-0.05, 0) is 30.7 Å². The topological polar surface area (TPSA) is 72.2 Å². The predicted molar refractivity (Wildman–Crippen MR) is 71.9 cm³/mol. The lowest BCUT2D eigenvalue weighted by Crippen LogP contribution is -2.33. The first-order valence-corrected chi connectivity index (χ1v) is 6.53. The Morgan fingerprint density at radius 3 is 2.70 bits per heavy atom. The van der Waals surface area contributed by atoms with E-state index in [0.717, 1.165) is 37.5 Å². The summed E-state index contributed by atoms with van der Waals surface area (Å²) >= 11 is 0. The van der Waals surface area contributed by atoms with Crippen molar-refractivity contribution in [1.82, 2.24) is 5.32 Å². The minimum Gasteiger partial charge on any atom is -0.349 e. The van der Waals surface area contributed by atoms with Gasteiger partial charge in [0.1, 0.15) is 5.82 Å². The molecule has 0 aromatic heterocycles. The molecule has 0 saturated heterocycles. The maximum Gasteiger partial charge on any atom is 0.273 e. The molecule has 2 rings (SSSR count). The fourth-order valence-electron chi connectivity index (χ4n) is 2.64. The lowest BCUT2D eigenvalue weighted by atomic mass is 9.92. The van der Waals surface area contributed by atoms with E-state index in [0.29, 0.717) is 0 Å². The van der Waals surface area contributed by atoms with E-state index in [-0.39, 0.29) is 17.0 Å². The van der Waals surface area contributed by atoms with Crippen molar-refractivity contribution in [1.29, 1.82) is 0 Å². The number of benzene rings is 1. The first kappa shape index (κ1) is 14.4. The number of halogens is 1. The van der Waals surface area contributed by atoms with Crippen LogP contribution in [0.4, 0.5) is 10.1 Å². The highest BCUT2D eigenvalue weighted by molar-refractivity contribution is 5.95. The largest absolute Gasteiger partial charge is 0.349 e. The smallest absolute Gasteiger partial charge is 0.273 e. The van der Waals surface area contributed by atoms with Crippen LogP contribution in [0.1, 0.15) is 43.5 Å². The van der Waals surface area contributed by atoms with Gasteiger partial charge in [0.2, 0.25) is 0 Å². The Balaban J connectivity index is 2.12. The summed E-state index contributed by atoms with van der Waals surface area (Å²) in [6.07, 6.45) is 2.74. The van der Waals surface area contributed by atoms with Gasteiger partial charge in [0.25, 0.3) is 11.6 Å². The predicted octanol–water partition coefficient (Wildman–Crippen LogP) is 3.04. The van der Waals surface area contributed by atoms with Gasteiger partial charge < -0.3 is 5.32 Å². The number of hydrogen-bond donors (Lipinski definition) is 1. The van der Waals surface area contributed by atoms with Crippen molar-refractivity contribution < 1.29 is 14.1 Å². The fourth-order valence-corrected chi connectivity index (χ4v) is 2.64. The van der Waals surface area contributed by atoms with Crippen molar-refractivity contribution in [2.45, 2.75) is 39.2 Å². The third-order valence-electron chi connectivity index (χ3n) is 3.66. The van der Waals surface area contributed by atoms with Crippen molar-refractivity contribution in [2.24, 2.45) is 5.41 Å². The molecule has 1 aromatic rings. The molecule has 0 radical (unpaired) electrons. The third kappa shape index (κ3) is 3.31. The number of carbonyl (C=O) groups is 1. The molecule has 1 aliphatic carbocycles. The van der Waals surface area contributed by atoms with Gasteiger partial charge in [-0.1, -0.05) is 13.8 Å². The number of nitrogens with one attached hydrogen (secondary N) is 1. The van der Waals surface area contributed by atoms with E-state index >= 15 is 0 Å². The Hall–Kier alpha value is -1.98. The maximum absolute atomic E-state index is 13.3. The molecule has 108 valence electrons. The summed E-state index contributed by atoms with van der Waals surface area (Å²) in [5.74, 6) is -1.24. The van der Waals surface area contributed by atoms with E-state index < -0.39 is 22.3 Å². The van der Waals surface area contributed by atoms with Gasteiger partial charge in [-0.2, -0.15) is 0 Å². The number of non-ortho nitro benzene ring substituents is 1. The lowest BCUT2D eigenvalue weighted by Gasteiger charge is -2.17. The molecule has 1 fully saturated rings. The average molecular weight is 280 g/mol. The quantitative estimate of drug-likeness (QED) is 0.683. The molecule has 0 aliphatic heterocycles. The molecule has 1 aromatic carbocycles. The van der Waals surface area contributed by atoms with Gasteiger partial charge in [-0.25, -0.2) is 4.39 Å². The molecule has 20 heavy (non-hydrogen) atoms. The van der Waals surface area contributed by atoms with E-state index in [2.05, 4.69) is 19.2 Å². The highest BCUT2D eigenvalue weighted by Crippen LogP contribution is 2.37. The Bertz CT molecular complexity index is 557. The first-order valence-electron chi connectivity index (χ1n) is 6.53. The molecule has 5 nitrogen and oxygen atoms in total. The normalized spacial score (nSPS) is 20.6. The average Bonchev–Trinajstić information content (AvgIpc) is 2.67. The Labute approximate surface area is 116 Å². The number of carbonyl (C=O) groups excluding carboxylic acids is 1. The second-order valence-electron chi connectivity index (χ2n) is 6.03. The molecule has 6 heteroatoms. The number of hydrogen-bond acceptors (Lipinski definition) is 3. The Morgan fingerprint density at radius 1 is 1.45 bits per heavy atom. The zero-order valence-corrected chi connectivity index (χ0v) is 11.5. The highest BCUT2D eigenvalue weighted by Gasteiger charge is 2.32. The Morgan fingerprint density at radius 2 is 2.15 bits per heavy atom. The van der Waals surface area contributed by atoms with Gasteiger partial charge in [0.05, 0.1) is 11.0 Å². The minimum absolute atomic E-state index is 0.0126. The summed E-state index contributed by atoms with van der Waals surface area (Å²) in [6.45, 7) is 4.26. The molecule has 1 saturated carbocycles. The molecule has 0 bridgehead atoms. The number of nitrogens with zero attached hydrogens (tertiary/aromatic N) is 1. The third-order valence-corrected chi connectivity index (χ3v) is 3.66. The van der Waals surface area contributed by atoms with Crippen molar-refractivity contribution in [3.63, 3.8) is 0 Å². The van der Waals surface area contributed by atoms with Gasteiger partial charge in [0, 0.05) is 17.7 Å². The van der Waals surface area contributed by atoms with Crippen LogP contribution in [0.15, 0.2) is 18.2 Å². The van der Waals surface area contributed by atoms with E-state index in [4.69, 9.17) is 0 Å². The standard InChI is InChI=1S/C14H17FN2O3/c1-14(2)4-3-11(8-14)16-13(18)9-5-10(15)7-12(6-9)17(19)20/h5-7,11H,3-4,8H2,1-2H3,(H,16,18). The van der Waals surface area contributed by atoms with Crippen LogP contribution in [0, 0.1) is 21.3 Å². The van der Waals surface area contributed by atoms with Crippen LogP contribution in [-0.2, 0) is 0 Å². The van der Waals surface area contributed by atoms with Crippen LogP contribution < -0.4 is 5.32 Å². The van der Waals surface area contributed by atoms with E-state index in [1.807, 2.05) is 0 Å². The first-order chi connectivity index (χ1) is 9.27. The monoisotopic (exact) mass is 280 g/mol. The van der Waals surface area contributed by atoms with Gasteiger partial charge >= 0.3 is 0 Å². The molecule has 1 N–H and O–H groups in total. The molecule has 0 spiro atoms. The Kier molecular flexibility index (Phi) is 3.74. The van der Waals surface area contributed by atoms with Crippen LogP contribution in [0.2, 0.25) is 0 Å². The van der Waals surface area contributed by atoms with Crippen LogP contribution in [0.25, 0.3) is 0 Å². The fraction of sp³-hybridized carbons (Fsp3) is 0.500. The van der Waals surface area contributed by atoms with Crippen LogP contribution in [0.5, 0.6) is 0 Å². The van der Waals surface area contributed by atoms with E-state index in [1.54, 1.807) is 0 Å². The van der Waals surface area contributed by atoms with Gasteiger partial charge in [-0.15, -0.1) is 0 Å². The number of nitro benzene ring substituents is 1. The second kappa shape index (κ2) is 5.19. The molecule has 1 unspecified atom stereocenters. The summed E-state index contributed by atoms with van der Waals surface area (Å²) in [4.78, 5) is 22.0. The van der Waals surface area contributed by atoms with Crippen molar-refractivity contribution in [3.8, 4) is 0 Å². The summed E-state index contributed by atoms with van der Waals surface area (Å²) < 4.78 is 13.3. The number of amides is 1. The lowest BCUT2D eigenvalue weighted by molar-refractivity contribution is -0.385. The molecular weight excluding hydrogens is 263 g/mol. The van der Waals surface area contributed by atoms with Crippen LogP contribution in [0.3, 0.4) is 0 Å². The summed E-state index contributed by atoms with van der Waals surface area (Å²) in [6, 6.07) is 2.95. The van der Waals surface area contributed by atoms with Crippen molar-refractivity contribution in [3.05, 3.63) is 39.7 Å². The number of nitro groups is 1. The molecule has 0 heterocycles. The summed E-state index contributed by atoms with van der Waals surface area (Å²) in [5.41, 5.74) is -0.241. The highest BCUT2D eigenvalue weighted by atomic mass is 19.1. The SMILES string of the molecule is CC1(C)CCC(NC(=O)c2cc(F)cc([N+](=O)[O-])c2)C1. The zero-order chi connectivity index (χ0) is 14.9. The summed E-state index contributed by atoms with van der Waals surface area (Å²) in [7, 11) is 0. The van der Waals surface area contributed by atoms with Crippen LogP contribution in [-0.4, -0.2) is 16.9 Å². The van der Waals surface area contributed by atoms with E-state index in [9.17, 15) is 19.3 Å². The number of rotatable bonds is 3. The van der Waals surface area contributed by atoms with Gasteiger partial charge in [0.15, 0.2) is 0 Å². The zero-order valence-electron chi connectivity index (χ0n) is 11.5. The van der Waals surface area contributed by atoms with Gasteiger partial charge in [-0.3, -0.25) is 14.9 Å². The maximum atomic E-state index is 13.3. The minimum atomic E-state index is -0.781. The molecule has 1 amide bonds. The second-order valence-corrected chi connectivity index (χ2v) is 6.03. The van der Waals surface area contributed by atoms with E-state index in [1.165, 1.54) is 0 Å². The molecule has 1 atom stereocenters.